The number of methoxy groups -OCH3 is 1. The van der Waals surface area contributed by atoms with Gasteiger partial charge < -0.3 is 27.9 Å². The molecule has 1 saturated heterocycles. The van der Waals surface area contributed by atoms with Crippen LogP contribution < -0.4 is 0 Å². The number of hydrogen-bond acceptors (Lipinski definition) is 6. The topological polar surface area (TPSA) is 66.4 Å². The number of rotatable bonds is 8. The summed E-state index contributed by atoms with van der Waals surface area (Å²) in [5, 5.41) is 10.6. The van der Waals surface area contributed by atoms with E-state index in [1.54, 1.807) is 7.11 Å². The van der Waals surface area contributed by atoms with Crippen LogP contribution >= 0.6 is 0 Å². The Kier molecular flexibility index (Phi) is 8.08. The third-order valence-corrected chi connectivity index (χ3v) is 6.53. The van der Waals surface area contributed by atoms with Crippen LogP contribution in [0.15, 0.2) is 0 Å². The maximum atomic E-state index is 10.6. The number of hydrogen-bond donors (Lipinski definition) is 1. The average Bonchev–Trinajstić information content (AvgIpc) is 2.37. The summed E-state index contributed by atoms with van der Waals surface area (Å²) >= 11 is 0. The Labute approximate surface area is 156 Å². The largest absolute Gasteiger partial charge is 0.415 e. The van der Waals surface area contributed by atoms with Crippen molar-refractivity contribution in [3.05, 3.63) is 0 Å². The molecule has 1 fully saturated rings. The van der Waals surface area contributed by atoms with Gasteiger partial charge in [0, 0.05) is 7.11 Å². The first kappa shape index (κ1) is 23.5. The Morgan fingerprint density at radius 3 is 1.64 bits per heavy atom. The summed E-state index contributed by atoms with van der Waals surface area (Å²) in [5.41, 5.74) is 0. The molecule has 0 aromatic heterocycles. The molecule has 9 heteroatoms. The summed E-state index contributed by atoms with van der Waals surface area (Å²) < 4.78 is 30.3. The fraction of sp³-hybridized carbons (Fsp3) is 1.00. The SMILES string of the molecule is CO[C@@H]1[C@@H](O[Si](C)(C)C)[C@H](CO[Si](C)(C)C)OC(O)[C@H]1O[Si](C)(C)C. The maximum absolute atomic E-state index is 10.6. The summed E-state index contributed by atoms with van der Waals surface area (Å²) in [6.45, 7) is 19.4. The molecule has 0 bridgehead atoms. The second-order valence-electron chi connectivity index (χ2n) is 9.58. The number of aliphatic hydroxyl groups is 1. The van der Waals surface area contributed by atoms with Crippen molar-refractivity contribution in [3.8, 4) is 0 Å². The standard InChI is InChI=1S/C16H38O6Si3/c1-18-14-13(21-24(5,6)7)12(11-19-23(2,3)4)20-16(17)15(14)22-25(8,9)10/h12-17H,11H2,1-10H3/t12-,13-,14+,15-,16?/m0/s1. The molecule has 0 aliphatic carbocycles. The molecule has 0 saturated carbocycles. The minimum atomic E-state index is -1.89. The smallest absolute Gasteiger partial charge is 0.184 e. The minimum Gasteiger partial charge on any atom is -0.415 e. The first-order chi connectivity index (χ1) is 11.1. The van der Waals surface area contributed by atoms with Crippen molar-refractivity contribution in [2.45, 2.75) is 89.6 Å². The van der Waals surface area contributed by atoms with Crippen molar-refractivity contribution in [1.29, 1.82) is 0 Å². The van der Waals surface area contributed by atoms with Crippen LogP contribution in [0, 0.1) is 0 Å². The Morgan fingerprint density at radius 2 is 1.24 bits per heavy atom. The third kappa shape index (κ3) is 8.31. The molecule has 1 rings (SSSR count). The van der Waals surface area contributed by atoms with Crippen molar-refractivity contribution in [3.63, 3.8) is 0 Å². The lowest BCUT2D eigenvalue weighted by atomic mass is 9.99. The van der Waals surface area contributed by atoms with E-state index in [2.05, 4.69) is 58.9 Å². The molecule has 0 amide bonds. The monoisotopic (exact) mass is 410 g/mol. The fourth-order valence-electron chi connectivity index (χ4n) is 2.71. The van der Waals surface area contributed by atoms with E-state index in [1.807, 2.05) is 0 Å². The molecular formula is C16H38O6Si3. The maximum Gasteiger partial charge on any atom is 0.184 e. The highest BCUT2D eigenvalue weighted by molar-refractivity contribution is 6.70. The van der Waals surface area contributed by atoms with Gasteiger partial charge in [0.1, 0.15) is 24.4 Å². The quantitative estimate of drug-likeness (QED) is 0.621. The van der Waals surface area contributed by atoms with Crippen LogP contribution in [0.3, 0.4) is 0 Å². The molecule has 0 aromatic carbocycles. The molecule has 1 N–H and O–H groups in total. The lowest BCUT2D eigenvalue weighted by molar-refractivity contribution is -0.282. The highest BCUT2D eigenvalue weighted by atomic mass is 28.4. The van der Waals surface area contributed by atoms with Crippen LogP contribution in [-0.4, -0.2) is 74.5 Å². The molecule has 1 aliphatic rings. The molecule has 1 heterocycles. The van der Waals surface area contributed by atoms with Gasteiger partial charge in [-0.2, -0.15) is 0 Å². The van der Waals surface area contributed by atoms with E-state index in [9.17, 15) is 5.11 Å². The lowest BCUT2D eigenvalue weighted by Gasteiger charge is -2.47. The first-order valence-electron chi connectivity index (χ1n) is 8.99. The van der Waals surface area contributed by atoms with Crippen LogP contribution in [0.4, 0.5) is 0 Å². The predicted molar refractivity (Wildman–Crippen MR) is 107 cm³/mol. The Balaban J connectivity index is 3.06. The zero-order chi connectivity index (χ0) is 19.6. The van der Waals surface area contributed by atoms with Crippen molar-refractivity contribution < 1.29 is 27.9 Å². The molecule has 0 aromatic rings. The minimum absolute atomic E-state index is 0.322. The van der Waals surface area contributed by atoms with Crippen molar-refractivity contribution in [2.75, 3.05) is 13.7 Å². The molecule has 0 radical (unpaired) electrons. The zero-order valence-electron chi connectivity index (χ0n) is 17.6. The molecule has 1 unspecified atom stereocenters. The average molecular weight is 411 g/mol. The van der Waals surface area contributed by atoms with E-state index in [4.69, 9.17) is 22.8 Å². The Hall–Kier alpha value is 0.411. The summed E-state index contributed by atoms with van der Waals surface area (Å²) in [7, 11) is -3.82. The zero-order valence-corrected chi connectivity index (χ0v) is 20.6. The molecule has 25 heavy (non-hydrogen) atoms. The molecule has 0 spiro atoms. The van der Waals surface area contributed by atoms with Crippen LogP contribution in [0.5, 0.6) is 0 Å². The van der Waals surface area contributed by atoms with E-state index in [1.165, 1.54) is 0 Å². The van der Waals surface area contributed by atoms with E-state index in [0.29, 0.717) is 6.61 Å². The van der Waals surface area contributed by atoms with Gasteiger partial charge in [0.2, 0.25) is 0 Å². The van der Waals surface area contributed by atoms with Gasteiger partial charge in [-0.05, 0) is 58.9 Å². The molecular weight excluding hydrogens is 372 g/mol. The van der Waals surface area contributed by atoms with E-state index in [-0.39, 0.29) is 12.2 Å². The summed E-state index contributed by atoms with van der Waals surface area (Å²) in [5.74, 6) is 0. The van der Waals surface area contributed by atoms with Gasteiger partial charge in [-0.25, -0.2) is 0 Å². The first-order valence-corrected chi connectivity index (χ1v) is 19.2. The summed E-state index contributed by atoms with van der Waals surface area (Å²) in [6, 6.07) is 0. The van der Waals surface area contributed by atoms with Gasteiger partial charge in [0.25, 0.3) is 0 Å². The van der Waals surface area contributed by atoms with E-state index in [0.717, 1.165) is 0 Å². The van der Waals surface area contributed by atoms with Crippen LogP contribution in [-0.2, 0) is 22.8 Å². The van der Waals surface area contributed by atoms with Crippen LogP contribution in [0.1, 0.15) is 0 Å². The molecule has 1 aliphatic heterocycles. The Bertz CT molecular complexity index is 416. The van der Waals surface area contributed by atoms with Gasteiger partial charge >= 0.3 is 0 Å². The normalized spacial score (nSPS) is 32.0. The Morgan fingerprint density at radius 1 is 0.760 bits per heavy atom. The highest BCUT2D eigenvalue weighted by Crippen LogP contribution is 2.31. The summed E-state index contributed by atoms with van der Waals surface area (Å²) in [6.07, 6.45) is -2.69. The molecule has 150 valence electrons. The van der Waals surface area contributed by atoms with Crippen molar-refractivity contribution in [2.24, 2.45) is 0 Å². The lowest BCUT2D eigenvalue weighted by Crippen LogP contribution is -2.64. The van der Waals surface area contributed by atoms with Crippen LogP contribution in [0.25, 0.3) is 0 Å². The predicted octanol–water partition coefficient (Wildman–Crippen LogP) is 3.01. The van der Waals surface area contributed by atoms with Gasteiger partial charge in [-0.1, -0.05) is 0 Å². The number of aliphatic hydroxyl groups excluding tert-OH is 1. The number of ether oxygens (including phenoxy) is 2. The third-order valence-electron chi connectivity index (χ3n) is 3.54. The van der Waals surface area contributed by atoms with Gasteiger partial charge in [0.05, 0.1) is 6.61 Å². The van der Waals surface area contributed by atoms with Crippen LogP contribution in [0.2, 0.25) is 58.9 Å². The van der Waals surface area contributed by atoms with Crippen molar-refractivity contribution >= 4 is 25.0 Å². The van der Waals surface area contributed by atoms with Gasteiger partial charge in [0.15, 0.2) is 31.2 Å². The van der Waals surface area contributed by atoms with Crippen molar-refractivity contribution in [1.82, 2.24) is 0 Å². The fourth-order valence-corrected chi connectivity index (χ4v) is 5.55. The molecule has 6 nitrogen and oxygen atoms in total. The second kappa shape index (κ2) is 8.61. The molecule has 5 atom stereocenters. The van der Waals surface area contributed by atoms with Gasteiger partial charge in [-0.3, -0.25) is 0 Å². The second-order valence-corrected chi connectivity index (χ2v) is 23.0. The van der Waals surface area contributed by atoms with Gasteiger partial charge in [-0.15, -0.1) is 0 Å². The van der Waals surface area contributed by atoms with E-state index >= 15 is 0 Å². The summed E-state index contributed by atoms with van der Waals surface area (Å²) in [4.78, 5) is 0. The van der Waals surface area contributed by atoms with E-state index < -0.39 is 43.5 Å². The highest BCUT2D eigenvalue weighted by Gasteiger charge is 2.49.